The number of benzene rings is 4. The molecule has 300 valence electrons. The Kier molecular flexibility index (Phi) is 18.3. The van der Waals surface area contributed by atoms with Crippen LogP contribution < -0.4 is 10.6 Å². The molecular formula is C45H50N2O10. The average molecular weight is 779 g/mol. The van der Waals surface area contributed by atoms with E-state index in [1.54, 1.807) is 43.3 Å². The predicted octanol–water partition coefficient (Wildman–Crippen LogP) is 8.87. The number of anilines is 4. The largest absolute Gasteiger partial charge is 0.481 e. The number of carbonyl (C=O) groups is 6. The Morgan fingerprint density at radius 2 is 1.02 bits per heavy atom. The maximum absolute atomic E-state index is 13.9. The molecule has 0 bridgehead atoms. The van der Waals surface area contributed by atoms with E-state index in [-0.39, 0.29) is 61.7 Å². The van der Waals surface area contributed by atoms with Crippen LogP contribution in [0.4, 0.5) is 22.7 Å². The first kappa shape index (κ1) is 46.3. The minimum atomic E-state index is -1.05. The number of carboxylic acid groups (broad SMARTS) is 2. The number of carboxylic acids is 2. The molecule has 0 saturated heterocycles. The second-order valence-corrected chi connectivity index (χ2v) is 12.4. The SMILES string of the molecule is C.C=C(C)C(=O)O.C=C(C)C(=O)OCCc1ccc(Nc2ccc(Nc3ccc(CCOC(=O)CCC(=O)O)cc3)c3c2C(=O)c2ccccc2C3=O)cc1.CC. The van der Waals surface area contributed by atoms with Crippen molar-refractivity contribution in [1.82, 2.24) is 0 Å². The molecule has 1 aliphatic carbocycles. The number of rotatable bonds is 15. The van der Waals surface area contributed by atoms with Crippen molar-refractivity contribution in [2.75, 3.05) is 23.8 Å². The van der Waals surface area contributed by atoms with Gasteiger partial charge in [0.05, 0.1) is 48.6 Å². The van der Waals surface area contributed by atoms with Gasteiger partial charge in [0.15, 0.2) is 11.6 Å². The van der Waals surface area contributed by atoms with Gasteiger partial charge in [-0.25, -0.2) is 9.59 Å². The second kappa shape index (κ2) is 22.5. The van der Waals surface area contributed by atoms with E-state index in [1.807, 2.05) is 62.4 Å². The van der Waals surface area contributed by atoms with Gasteiger partial charge >= 0.3 is 23.9 Å². The zero-order chi connectivity index (χ0) is 41.4. The van der Waals surface area contributed by atoms with Crippen LogP contribution in [0.1, 0.15) is 90.9 Å². The van der Waals surface area contributed by atoms with Gasteiger partial charge in [-0.2, -0.15) is 0 Å². The Morgan fingerprint density at radius 3 is 1.39 bits per heavy atom. The predicted molar refractivity (Wildman–Crippen MR) is 221 cm³/mol. The fraction of sp³-hybridized carbons (Fsp3) is 0.244. The molecule has 0 heterocycles. The van der Waals surface area contributed by atoms with E-state index in [0.29, 0.717) is 52.3 Å². The van der Waals surface area contributed by atoms with Gasteiger partial charge in [-0.05, 0) is 61.4 Å². The van der Waals surface area contributed by atoms with Gasteiger partial charge in [0.1, 0.15) is 0 Å². The monoisotopic (exact) mass is 778 g/mol. The van der Waals surface area contributed by atoms with Gasteiger partial charge in [-0.3, -0.25) is 19.2 Å². The highest BCUT2D eigenvalue weighted by atomic mass is 16.5. The van der Waals surface area contributed by atoms with Crippen molar-refractivity contribution in [3.05, 3.63) is 143 Å². The molecule has 4 aromatic rings. The number of nitrogens with one attached hydrogen (secondary N) is 2. The lowest BCUT2D eigenvalue weighted by atomic mass is 9.82. The summed E-state index contributed by atoms with van der Waals surface area (Å²) >= 11 is 0. The van der Waals surface area contributed by atoms with Crippen LogP contribution in [0.25, 0.3) is 0 Å². The molecule has 5 rings (SSSR count). The van der Waals surface area contributed by atoms with Crippen molar-refractivity contribution in [2.45, 2.75) is 60.8 Å². The van der Waals surface area contributed by atoms with E-state index in [4.69, 9.17) is 19.7 Å². The number of aliphatic carboxylic acids is 2. The highest BCUT2D eigenvalue weighted by Gasteiger charge is 2.34. The zero-order valence-corrected chi connectivity index (χ0v) is 31.9. The molecule has 57 heavy (non-hydrogen) atoms. The van der Waals surface area contributed by atoms with Crippen LogP contribution in [0, 0.1) is 0 Å². The number of fused-ring (bicyclic) bond motifs is 2. The van der Waals surface area contributed by atoms with Crippen LogP contribution in [0.5, 0.6) is 0 Å². The van der Waals surface area contributed by atoms with Crippen molar-refractivity contribution in [1.29, 1.82) is 0 Å². The first-order valence-electron chi connectivity index (χ1n) is 17.9. The third-order valence-corrected chi connectivity index (χ3v) is 8.08. The number of hydrogen-bond acceptors (Lipinski definition) is 10. The van der Waals surface area contributed by atoms with Crippen LogP contribution in [-0.2, 0) is 41.5 Å². The van der Waals surface area contributed by atoms with E-state index >= 15 is 0 Å². The molecule has 0 atom stereocenters. The topological polar surface area (TPSA) is 185 Å². The van der Waals surface area contributed by atoms with Crippen molar-refractivity contribution in [2.24, 2.45) is 0 Å². The summed E-state index contributed by atoms with van der Waals surface area (Å²) in [6.07, 6.45) is 0.527. The van der Waals surface area contributed by atoms with Crippen molar-refractivity contribution < 1.29 is 48.5 Å². The third kappa shape index (κ3) is 13.5. The van der Waals surface area contributed by atoms with Crippen LogP contribution in [0.15, 0.2) is 109 Å². The smallest absolute Gasteiger partial charge is 0.333 e. The number of ether oxygens (including phenoxy) is 2. The van der Waals surface area contributed by atoms with E-state index in [1.165, 1.54) is 6.92 Å². The van der Waals surface area contributed by atoms with Gasteiger partial charge in [0.2, 0.25) is 0 Å². The summed E-state index contributed by atoms with van der Waals surface area (Å²) in [4.78, 5) is 71.3. The fourth-order valence-corrected chi connectivity index (χ4v) is 5.20. The molecule has 0 saturated carbocycles. The maximum atomic E-state index is 13.9. The van der Waals surface area contributed by atoms with Crippen LogP contribution in [-0.4, -0.2) is 58.9 Å². The summed E-state index contributed by atoms with van der Waals surface area (Å²) in [5.41, 5.74) is 5.93. The van der Waals surface area contributed by atoms with Crippen LogP contribution in [0.3, 0.4) is 0 Å². The lowest BCUT2D eigenvalue weighted by molar-refractivity contribution is -0.147. The molecule has 0 aliphatic heterocycles. The Balaban J connectivity index is 0.00000114. The fourth-order valence-electron chi connectivity index (χ4n) is 5.20. The van der Waals surface area contributed by atoms with E-state index < -0.39 is 23.9 Å². The molecule has 4 N–H and O–H groups in total. The molecule has 12 nitrogen and oxygen atoms in total. The molecule has 0 fully saturated rings. The highest BCUT2D eigenvalue weighted by Crippen LogP contribution is 2.38. The van der Waals surface area contributed by atoms with Gasteiger partial charge in [-0.1, -0.05) is 83.0 Å². The first-order valence-corrected chi connectivity index (χ1v) is 17.9. The van der Waals surface area contributed by atoms with Crippen molar-refractivity contribution >= 4 is 58.2 Å². The van der Waals surface area contributed by atoms with Crippen molar-refractivity contribution in [3.8, 4) is 0 Å². The van der Waals surface area contributed by atoms with Gasteiger partial charge in [0, 0.05) is 46.5 Å². The molecule has 0 aromatic heterocycles. The number of ketones is 2. The molecule has 0 radical (unpaired) electrons. The molecule has 0 amide bonds. The minimum absolute atomic E-state index is 0. The Hall–Kier alpha value is -6.82. The lowest BCUT2D eigenvalue weighted by Gasteiger charge is -2.24. The summed E-state index contributed by atoms with van der Waals surface area (Å²) in [5, 5.41) is 23.2. The summed E-state index contributed by atoms with van der Waals surface area (Å²) in [6.45, 7) is 14.1. The summed E-state index contributed by atoms with van der Waals surface area (Å²) in [6, 6.07) is 25.1. The van der Waals surface area contributed by atoms with Gasteiger partial charge in [0.25, 0.3) is 0 Å². The Bertz CT molecular complexity index is 2090. The lowest BCUT2D eigenvalue weighted by Crippen LogP contribution is -2.23. The number of esters is 2. The minimum Gasteiger partial charge on any atom is -0.481 e. The standard InChI is InChI=1S/C38H34N2O8.C4H6O2.C2H6.CH4/c1-23(2)38(46)48-22-20-25-9-13-27(14-10-25)40-31-16-15-30(34-35(31)37(45)29-6-4-3-5-28(29)36(34)44)39-26-11-7-24(8-12-26)19-21-47-33(43)18-17-32(41)42;1-3(2)4(5)6;1-2;/h3-16,39-40H,1,17-22H2,2H3,(H,41,42);1H2,2H3,(H,5,6);1-2H3;1H4. The number of hydrogen-bond donors (Lipinski definition) is 4. The van der Waals surface area contributed by atoms with E-state index in [0.717, 1.165) is 11.1 Å². The van der Waals surface area contributed by atoms with E-state index in [9.17, 15) is 28.8 Å². The molecule has 4 aromatic carbocycles. The van der Waals surface area contributed by atoms with E-state index in [2.05, 4.69) is 23.8 Å². The van der Waals surface area contributed by atoms with Crippen LogP contribution in [0.2, 0.25) is 0 Å². The molecule has 12 heteroatoms. The number of carbonyl (C=O) groups excluding carboxylic acids is 4. The molecule has 1 aliphatic rings. The maximum Gasteiger partial charge on any atom is 0.333 e. The zero-order valence-electron chi connectivity index (χ0n) is 31.9. The van der Waals surface area contributed by atoms with Crippen molar-refractivity contribution in [3.63, 3.8) is 0 Å². The normalized spacial score (nSPS) is 10.7. The molecular weight excluding hydrogens is 728 g/mol. The summed E-state index contributed by atoms with van der Waals surface area (Å²) < 4.78 is 10.3. The second-order valence-electron chi connectivity index (χ2n) is 12.4. The summed E-state index contributed by atoms with van der Waals surface area (Å²) in [5.74, 6) is -3.52. The summed E-state index contributed by atoms with van der Waals surface area (Å²) in [7, 11) is 0. The first-order chi connectivity index (χ1) is 26.7. The Morgan fingerprint density at radius 1 is 0.614 bits per heavy atom. The van der Waals surface area contributed by atoms with Gasteiger partial charge < -0.3 is 30.3 Å². The highest BCUT2D eigenvalue weighted by molar-refractivity contribution is 6.32. The van der Waals surface area contributed by atoms with Crippen LogP contribution >= 0.6 is 0 Å². The average Bonchev–Trinajstić information content (AvgIpc) is 3.18. The molecule has 0 unspecified atom stereocenters. The quantitative estimate of drug-likeness (QED) is 0.0585. The third-order valence-electron chi connectivity index (χ3n) is 8.08. The van der Waals surface area contributed by atoms with Gasteiger partial charge in [-0.15, -0.1) is 0 Å². The molecule has 0 spiro atoms. The Labute approximate surface area is 333 Å².